The molecule has 0 aromatic heterocycles. The molecular weight excluding hydrogens is 194 g/mol. The van der Waals surface area contributed by atoms with E-state index in [2.05, 4.69) is 0 Å². The topological polar surface area (TPSA) is 57.6 Å². The lowest BCUT2D eigenvalue weighted by atomic mass is 10.00. The summed E-state index contributed by atoms with van der Waals surface area (Å²) < 4.78 is 0. The van der Waals surface area contributed by atoms with Crippen molar-refractivity contribution in [3.05, 3.63) is 0 Å². The van der Waals surface area contributed by atoms with Gasteiger partial charge in [0.05, 0.1) is 24.5 Å². The third kappa shape index (κ3) is 1.67. The van der Waals surface area contributed by atoms with Crippen LogP contribution >= 0.6 is 0 Å². The summed E-state index contributed by atoms with van der Waals surface area (Å²) in [5.74, 6) is -0.284. The monoisotopic (exact) mass is 211 g/mol. The highest BCUT2D eigenvalue weighted by Gasteiger charge is 2.49. The third-order valence-electron chi connectivity index (χ3n) is 3.55. The summed E-state index contributed by atoms with van der Waals surface area (Å²) in [6.07, 6.45) is 2.67. The Labute approximate surface area is 89.3 Å². The lowest BCUT2D eigenvalue weighted by molar-refractivity contribution is -0.142. The van der Waals surface area contributed by atoms with Gasteiger partial charge in [-0.05, 0) is 19.3 Å². The molecule has 0 aromatic carbocycles. The average Bonchev–Trinajstić information content (AvgIpc) is 2.78. The van der Waals surface area contributed by atoms with Gasteiger partial charge in [-0.15, -0.1) is 0 Å². The number of likely N-dealkylation sites (tertiary alicyclic amines) is 1. The molecule has 4 nitrogen and oxygen atoms in total. The maximum atomic E-state index is 11.8. The van der Waals surface area contributed by atoms with Crippen LogP contribution < -0.4 is 0 Å². The van der Waals surface area contributed by atoms with E-state index in [1.807, 2.05) is 6.92 Å². The van der Waals surface area contributed by atoms with Crippen LogP contribution in [-0.2, 0) is 9.59 Å². The van der Waals surface area contributed by atoms with Crippen LogP contribution in [0.15, 0.2) is 0 Å². The molecule has 84 valence electrons. The van der Waals surface area contributed by atoms with Crippen molar-refractivity contribution in [2.75, 3.05) is 6.54 Å². The molecule has 1 saturated carbocycles. The minimum absolute atomic E-state index is 0.0602. The highest BCUT2D eigenvalue weighted by molar-refractivity contribution is 6.05. The molecule has 15 heavy (non-hydrogen) atoms. The molecule has 4 heteroatoms. The van der Waals surface area contributed by atoms with E-state index < -0.39 is 6.10 Å². The zero-order valence-corrected chi connectivity index (χ0v) is 8.98. The SMILES string of the molecule is CCC(O)CN1C(=O)C2CCCC2C1=O. The van der Waals surface area contributed by atoms with E-state index in [0.717, 1.165) is 19.3 Å². The van der Waals surface area contributed by atoms with Crippen LogP contribution in [-0.4, -0.2) is 34.5 Å². The largest absolute Gasteiger partial charge is 0.391 e. The van der Waals surface area contributed by atoms with E-state index in [4.69, 9.17) is 0 Å². The molecule has 1 aliphatic carbocycles. The standard InChI is InChI=1S/C11H17NO3/c1-2-7(13)6-12-10(14)8-4-3-5-9(8)11(12)15/h7-9,13H,2-6H2,1H3. The molecule has 1 aliphatic heterocycles. The predicted molar refractivity (Wildman–Crippen MR) is 53.8 cm³/mol. The summed E-state index contributed by atoms with van der Waals surface area (Å²) in [6.45, 7) is 2.03. The first-order valence-electron chi connectivity index (χ1n) is 5.68. The smallest absolute Gasteiger partial charge is 0.233 e. The molecule has 2 fully saturated rings. The summed E-state index contributed by atoms with van der Waals surface area (Å²) in [5, 5.41) is 9.47. The lowest BCUT2D eigenvalue weighted by Crippen LogP contribution is -2.38. The maximum Gasteiger partial charge on any atom is 0.233 e. The van der Waals surface area contributed by atoms with Crippen LogP contribution in [0, 0.1) is 11.8 Å². The van der Waals surface area contributed by atoms with Gasteiger partial charge >= 0.3 is 0 Å². The van der Waals surface area contributed by atoms with Gasteiger partial charge in [-0.3, -0.25) is 14.5 Å². The Bertz CT molecular complexity index is 268. The number of imide groups is 1. The molecular formula is C11H17NO3. The van der Waals surface area contributed by atoms with Gasteiger partial charge in [-0.25, -0.2) is 0 Å². The Hall–Kier alpha value is -0.900. The highest BCUT2D eigenvalue weighted by Crippen LogP contribution is 2.39. The second-order valence-corrected chi connectivity index (χ2v) is 4.49. The summed E-state index contributed by atoms with van der Waals surface area (Å²) in [7, 11) is 0. The van der Waals surface area contributed by atoms with Gasteiger partial charge in [0.15, 0.2) is 0 Å². The van der Waals surface area contributed by atoms with E-state index in [1.165, 1.54) is 4.90 Å². The minimum atomic E-state index is -0.572. The first-order chi connectivity index (χ1) is 7.15. The number of hydrogen-bond donors (Lipinski definition) is 1. The molecule has 1 N–H and O–H groups in total. The van der Waals surface area contributed by atoms with E-state index in [0.29, 0.717) is 6.42 Å². The van der Waals surface area contributed by atoms with Gasteiger partial charge in [0.1, 0.15) is 0 Å². The quantitative estimate of drug-likeness (QED) is 0.693. The van der Waals surface area contributed by atoms with Crippen LogP contribution in [0.5, 0.6) is 0 Å². The zero-order chi connectivity index (χ0) is 11.0. The van der Waals surface area contributed by atoms with Crippen LogP contribution in [0.1, 0.15) is 32.6 Å². The number of nitrogens with zero attached hydrogens (tertiary/aromatic N) is 1. The van der Waals surface area contributed by atoms with Crippen molar-refractivity contribution in [2.45, 2.75) is 38.7 Å². The van der Waals surface area contributed by atoms with E-state index in [9.17, 15) is 14.7 Å². The van der Waals surface area contributed by atoms with Crippen LogP contribution in [0.25, 0.3) is 0 Å². The zero-order valence-electron chi connectivity index (χ0n) is 8.98. The summed E-state index contributed by atoms with van der Waals surface area (Å²) in [4.78, 5) is 25.0. The number of aliphatic hydroxyl groups excluding tert-OH is 1. The fraction of sp³-hybridized carbons (Fsp3) is 0.818. The predicted octanol–water partition coefficient (Wildman–Crippen LogP) is 0.542. The van der Waals surface area contributed by atoms with Gasteiger partial charge in [-0.2, -0.15) is 0 Å². The fourth-order valence-corrected chi connectivity index (χ4v) is 2.58. The molecule has 2 rings (SSSR count). The number of carbonyl (C=O) groups excluding carboxylic acids is 2. The average molecular weight is 211 g/mol. The number of rotatable bonds is 3. The number of amides is 2. The third-order valence-corrected chi connectivity index (χ3v) is 3.55. The van der Waals surface area contributed by atoms with E-state index >= 15 is 0 Å². The Kier molecular flexibility index (Phi) is 2.78. The maximum absolute atomic E-state index is 11.8. The number of aliphatic hydroxyl groups is 1. The minimum Gasteiger partial charge on any atom is -0.391 e. The first kappa shape index (κ1) is 10.6. The van der Waals surface area contributed by atoms with Crippen molar-refractivity contribution in [3.63, 3.8) is 0 Å². The second-order valence-electron chi connectivity index (χ2n) is 4.49. The normalized spacial score (nSPS) is 32.3. The molecule has 0 bridgehead atoms. The lowest BCUT2D eigenvalue weighted by Gasteiger charge is -2.18. The van der Waals surface area contributed by atoms with Gasteiger partial charge < -0.3 is 5.11 Å². The van der Waals surface area contributed by atoms with Crippen molar-refractivity contribution in [1.82, 2.24) is 4.90 Å². The molecule has 2 aliphatic rings. The van der Waals surface area contributed by atoms with E-state index in [1.54, 1.807) is 0 Å². The van der Waals surface area contributed by atoms with Crippen molar-refractivity contribution < 1.29 is 14.7 Å². The summed E-state index contributed by atoms with van der Waals surface area (Å²) >= 11 is 0. The fourth-order valence-electron chi connectivity index (χ4n) is 2.58. The Balaban J connectivity index is 2.08. The number of carbonyl (C=O) groups is 2. The number of β-amino-alcohol motifs (C(OH)–C–C–N with tert-alkyl or cyclic N) is 1. The van der Waals surface area contributed by atoms with Crippen molar-refractivity contribution in [1.29, 1.82) is 0 Å². The van der Waals surface area contributed by atoms with Gasteiger partial charge in [-0.1, -0.05) is 13.3 Å². The summed E-state index contributed by atoms with van der Waals surface area (Å²) in [5.41, 5.74) is 0. The van der Waals surface area contributed by atoms with Crippen molar-refractivity contribution in [2.24, 2.45) is 11.8 Å². The van der Waals surface area contributed by atoms with Gasteiger partial charge in [0.2, 0.25) is 11.8 Å². The molecule has 3 atom stereocenters. The highest BCUT2D eigenvalue weighted by atomic mass is 16.3. The molecule has 2 amide bonds. The molecule has 1 heterocycles. The first-order valence-corrected chi connectivity index (χ1v) is 5.68. The second kappa shape index (κ2) is 3.93. The molecule has 1 saturated heterocycles. The van der Waals surface area contributed by atoms with Crippen LogP contribution in [0.3, 0.4) is 0 Å². The Morgan fingerprint density at radius 1 is 1.33 bits per heavy atom. The van der Waals surface area contributed by atoms with Crippen molar-refractivity contribution in [3.8, 4) is 0 Å². The Morgan fingerprint density at radius 3 is 2.33 bits per heavy atom. The molecule has 0 radical (unpaired) electrons. The molecule has 3 unspecified atom stereocenters. The summed E-state index contributed by atoms with van der Waals surface area (Å²) in [6, 6.07) is 0. The van der Waals surface area contributed by atoms with Crippen LogP contribution in [0.4, 0.5) is 0 Å². The number of fused-ring (bicyclic) bond motifs is 1. The molecule has 0 aromatic rings. The van der Waals surface area contributed by atoms with Crippen LogP contribution in [0.2, 0.25) is 0 Å². The van der Waals surface area contributed by atoms with Gasteiger partial charge in [0, 0.05) is 0 Å². The number of hydrogen-bond acceptors (Lipinski definition) is 3. The Morgan fingerprint density at radius 2 is 1.87 bits per heavy atom. The van der Waals surface area contributed by atoms with Crippen molar-refractivity contribution >= 4 is 11.8 Å². The molecule has 0 spiro atoms. The van der Waals surface area contributed by atoms with Gasteiger partial charge in [0.25, 0.3) is 0 Å². The van der Waals surface area contributed by atoms with E-state index in [-0.39, 0.29) is 30.2 Å².